The molecule has 0 aliphatic heterocycles. The van der Waals surface area contributed by atoms with E-state index in [1.165, 1.54) is 92.2 Å². The van der Waals surface area contributed by atoms with Gasteiger partial charge in [-0.1, -0.05) is 64.5 Å². The van der Waals surface area contributed by atoms with E-state index < -0.39 is 0 Å². The average molecular weight is 645 g/mol. The maximum atomic E-state index is 12.2. The minimum Gasteiger partial charge on any atom is -0.340 e. The molecule has 4 nitrogen and oxygen atoms in total. The van der Waals surface area contributed by atoms with Crippen molar-refractivity contribution in [1.82, 2.24) is 9.13 Å². The smallest absolute Gasteiger partial charge is 0.150 e. The first-order valence-corrected chi connectivity index (χ1v) is 18.5. The Labute approximate surface area is 278 Å². The van der Waals surface area contributed by atoms with E-state index in [1.807, 2.05) is 12.1 Å². The summed E-state index contributed by atoms with van der Waals surface area (Å²) in [6.45, 7) is 6.32. The van der Waals surface area contributed by atoms with E-state index in [0.717, 1.165) is 49.3 Å². The summed E-state index contributed by atoms with van der Waals surface area (Å²) < 4.78 is 5.07. The third-order valence-electron chi connectivity index (χ3n) is 9.43. The third kappa shape index (κ3) is 5.22. The van der Waals surface area contributed by atoms with Crippen LogP contribution in [0.4, 0.5) is 0 Å². The average Bonchev–Trinajstić information content (AvgIpc) is 3.91. The Balaban J connectivity index is 1.73. The highest BCUT2D eigenvalue weighted by atomic mass is 32.1. The molecular weight excluding hydrogens is 605 g/mol. The van der Waals surface area contributed by atoms with E-state index in [0.29, 0.717) is 11.1 Å². The normalized spacial score (nSPS) is 11.9. The van der Waals surface area contributed by atoms with Crippen molar-refractivity contribution in [3.63, 3.8) is 0 Å². The molecule has 0 saturated heterocycles. The molecule has 4 heterocycles. The molecule has 0 bridgehead atoms. The lowest BCUT2D eigenvalue weighted by Gasteiger charge is -2.17. The number of hydrogen-bond acceptors (Lipinski definition) is 4. The van der Waals surface area contributed by atoms with E-state index in [4.69, 9.17) is 0 Å². The number of unbranched alkanes of at least 4 members (excludes halogenated alkanes) is 6. The summed E-state index contributed by atoms with van der Waals surface area (Å²) in [4.78, 5) is 26.8. The Hall–Kier alpha value is -4.00. The van der Waals surface area contributed by atoms with Gasteiger partial charge in [0.2, 0.25) is 0 Å². The molecule has 0 amide bonds. The second kappa shape index (κ2) is 13.4. The lowest BCUT2D eigenvalue weighted by Crippen LogP contribution is -2.02. The van der Waals surface area contributed by atoms with Crippen LogP contribution in [0.25, 0.3) is 64.5 Å². The fraction of sp³-hybridized carbons (Fsp3) is 0.300. The van der Waals surface area contributed by atoms with Gasteiger partial charge in [0.1, 0.15) is 12.6 Å². The van der Waals surface area contributed by atoms with E-state index >= 15 is 0 Å². The molecule has 7 rings (SSSR count). The predicted octanol–water partition coefficient (Wildman–Crippen LogP) is 12.1. The summed E-state index contributed by atoms with van der Waals surface area (Å²) >= 11 is 3.55. The number of carbonyl (C=O) groups excluding carboxylic acids is 2. The number of aryl methyl sites for hydroxylation is 2. The zero-order chi connectivity index (χ0) is 31.6. The fourth-order valence-electron chi connectivity index (χ4n) is 7.33. The third-order valence-corrected chi connectivity index (χ3v) is 11.2. The van der Waals surface area contributed by atoms with Gasteiger partial charge in [0.05, 0.1) is 11.0 Å². The van der Waals surface area contributed by atoms with Crippen molar-refractivity contribution in [3.05, 3.63) is 82.6 Å². The zero-order valence-electron chi connectivity index (χ0n) is 26.7. The first-order valence-electron chi connectivity index (χ1n) is 16.8. The number of aldehydes is 2. The molecule has 0 spiro atoms. The van der Waals surface area contributed by atoms with Crippen LogP contribution in [-0.2, 0) is 13.1 Å². The largest absolute Gasteiger partial charge is 0.340 e. The van der Waals surface area contributed by atoms with Crippen LogP contribution in [0.5, 0.6) is 0 Å². The number of benzene rings is 3. The molecule has 0 unspecified atom stereocenters. The van der Waals surface area contributed by atoms with Gasteiger partial charge in [0.25, 0.3) is 0 Å². The van der Waals surface area contributed by atoms with Gasteiger partial charge in [-0.3, -0.25) is 9.59 Å². The molecule has 0 aliphatic carbocycles. The van der Waals surface area contributed by atoms with Crippen molar-refractivity contribution in [2.45, 2.75) is 78.3 Å². The van der Waals surface area contributed by atoms with E-state index in [2.05, 4.69) is 82.3 Å². The minimum absolute atomic E-state index is 0.697. The number of carbonyl (C=O) groups is 2. The monoisotopic (exact) mass is 644 g/mol. The standard InChI is InChI=1S/C40H40N2O2S2/c1-3-5-7-9-19-41-31-17-15-27(25-43)23-29(31)35-38(34-14-12-22-46-34)40-36(37(39(35)41)33-13-11-21-45-33)30-24-28(26-44)16-18-32(30)42(40)20-10-8-6-4-2/h11-18,21-26H,3-10,19-20H2,1-2H3. The van der Waals surface area contributed by atoms with Crippen LogP contribution in [0.2, 0.25) is 0 Å². The minimum atomic E-state index is 0.697. The number of rotatable bonds is 14. The van der Waals surface area contributed by atoms with Crippen molar-refractivity contribution in [1.29, 1.82) is 0 Å². The van der Waals surface area contributed by atoms with Crippen molar-refractivity contribution in [2.24, 2.45) is 0 Å². The lowest BCUT2D eigenvalue weighted by atomic mass is 9.94. The second-order valence-corrected chi connectivity index (χ2v) is 14.3. The van der Waals surface area contributed by atoms with Gasteiger partial charge in [-0.25, -0.2) is 0 Å². The van der Waals surface area contributed by atoms with E-state index in [-0.39, 0.29) is 0 Å². The molecule has 0 aliphatic rings. The van der Waals surface area contributed by atoms with Crippen molar-refractivity contribution in [2.75, 3.05) is 0 Å². The molecule has 0 fully saturated rings. The Morgan fingerprint density at radius 2 is 1.04 bits per heavy atom. The van der Waals surface area contributed by atoms with E-state index in [9.17, 15) is 9.59 Å². The molecule has 0 saturated carbocycles. The van der Waals surface area contributed by atoms with Crippen LogP contribution >= 0.6 is 22.7 Å². The van der Waals surface area contributed by atoms with Crippen LogP contribution in [0, 0.1) is 0 Å². The first-order chi connectivity index (χ1) is 22.7. The molecule has 234 valence electrons. The number of thiophene rings is 2. The molecular formula is C40H40N2O2S2. The number of fused-ring (bicyclic) bond motifs is 6. The van der Waals surface area contributed by atoms with Gasteiger partial charge >= 0.3 is 0 Å². The first kappa shape index (κ1) is 30.6. The second-order valence-electron chi connectivity index (χ2n) is 12.4. The summed E-state index contributed by atoms with van der Waals surface area (Å²) in [5.74, 6) is 0. The quantitative estimate of drug-likeness (QED) is 0.0873. The van der Waals surface area contributed by atoms with Gasteiger partial charge in [-0.05, 0) is 72.1 Å². The maximum absolute atomic E-state index is 12.2. The highest BCUT2D eigenvalue weighted by Crippen LogP contribution is 2.52. The van der Waals surface area contributed by atoms with Gasteiger partial charge in [0.15, 0.2) is 0 Å². The van der Waals surface area contributed by atoms with Crippen molar-refractivity contribution >= 4 is 78.9 Å². The summed E-state index contributed by atoms with van der Waals surface area (Å²) in [5.41, 5.74) is 8.68. The summed E-state index contributed by atoms with van der Waals surface area (Å²) in [7, 11) is 0. The number of aromatic nitrogens is 2. The van der Waals surface area contributed by atoms with Crippen LogP contribution < -0.4 is 0 Å². The number of hydrogen-bond donors (Lipinski definition) is 0. The molecule has 0 radical (unpaired) electrons. The highest BCUT2D eigenvalue weighted by Gasteiger charge is 2.28. The number of nitrogens with zero attached hydrogens (tertiary/aromatic N) is 2. The Bertz CT molecular complexity index is 2010. The highest BCUT2D eigenvalue weighted by molar-refractivity contribution is 7.14. The molecule has 46 heavy (non-hydrogen) atoms. The Kier molecular flexibility index (Phi) is 8.92. The summed E-state index contributed by atoms with van der Waals surface area (Å²) in [6.07, 6.45) is 11.3. The van der Waals surface area contributed by atoms with E-state index in [1.54, 1.807) is 22.7 Å². The van der Waals surface area contributed by atoms with Crippen LogP contribution in [-0.4, -0.2) is 21.7 Å². The Morgan fingerprint density at radius 3 is 1.41 bits per heavy atom. The topological polar surface area (TPSA) is 44.0 Å². The summed E-state index contributed by atoms with van der Waals surface area (Å²) in [6, 6.07) is 21.2. The SMILES string of the molecule is CCCCCCn1c2ccc(C=O)cc2c2c(-c3cccs3)c3c(c(-c4cccs4)c21)c1cc(C=O)ccc1n3CCCCCC. The molecule has 0 N–H and O–H groups in total. The molecule has 0 atom stereocenters. The van der Waals surface area contributed by atoms with Crippen molar-refractivity contribution in [3.8, 4) is 20.9 Å². The molecule has 3 aromatic carbocycles. The van der Waals surface area contributed by atoms with Crippen LogP contribution in [0.3, 0.4) is 0 Å². The predicted molar refractivity (Wildman–Crippen MR) is 198 cm³/mol. The fourth-order valence-corrected chi connectivity index (χ4v) is 8.89. The maximum Gasteiger partial charge on any atom is 0.150 e. The van der Waals surface area contributed by atoms with Crippen LogP contribution in [0.1, 0.15) is 85.9 Å². The van der Waals surface area contributed by atoms with Gasteiger partial charge in [0, 0.05) is 77.7 Å². The van der Waals surface area contributed by atoms with Gasteiger partial charge < -0.3 is 9.13 Å². The lowest BCUT2D eigenvalue weighted by molar-refractivity contribution is 0.111. The van der Waals surface area contributed by atoms with Crippen molar-refractivity contribution < 1.29 is 9.59 Å². The van der Waals surface area contributed by atoms with Crippen LogP contribution in [0.15, 0.2) is 71.4 Å². The molecule has 6 heteroatoms. The van der Waals surface area contributed by atoms with Gasteiger partial charge in [-0.2, -0.15) is 0 Å². The Morgan fingerprint density at radius 1 is 0.587 bits per heavy atom. The molecule has 4 aromatic heterocycles. The molecule has 7 aromatic rings. The zero-order valence-corrected chi connectivity index (χ0v) is 28.3. The summed E-state index contributed by atoms with van der Waals surface area (Å²) in [5, 5.41) is 9.05. The van der Waals surface area contributed by atoms with Gasteiger partial charge in [-0.15, -0.1) is 22.7 Å².